The van der Waals surface area contributed by atoms with Gasteiger partial charge in [0.25, 0.3) is 0 Å². The molecule has 4 N–H and O–H groups in total. The molecular weight excluding hydrogens is 343 g/mol. The first-order valence-corrected chi connectivity index (χ1v) is 7.90. The zero-order chi connectivity index (χ0) is 17.7. The molecule has 24 heavy (non-hydrogen) atoms. The van der Waals surface area contributed by atoms with E-state index in [1.165, 1.54) is 18.6 Å². The molecule has 1 aliphatic heterocycles. The third kappa shape index (κ3) is 5.02. The molecule has 1 aliphatic rings. The topological polar surface area (TPSA) is 80.0 Å². The first-order valence-electron chi connectivity index (χ1n) is 7.52. The van der Waals surface area contributed by atoms with Crippen molar-refractivity contribution < 1.29 is 13.2 Å². The van der Waals surface area contributed by atoms with Gasteiger partial charge in [-0.15, -0.1) is 0 Å². The van der Waals surface area contributed by atoms with Gasteiger partial charge < -0.3 is 16.4 Å². The van der Waals surface area contributed by atoms with Crippen molar-refractivity contribution in [3.8, 4) is 0 Å². The van der Waals surface area contributed by atoms with Gasteiger partial charge in [0, 0.05) is 13.1 Å². The maximum absolute atomic E-state index is 12.6. The normalized spacial score (nSPS) is 17.2. The van der Waals surface area contributed by atoms with Crippen LogP contribution in [0.2, 0.25) is 5.02 Å². The number of alkyl halides is 3. The number of aliphatic imine (C=N–C) groups is 2. The van der Waals surface area contributed by atoms with Gasteiger partial charge in [-0.3, -0.25) is 0 Å². The lowest BCUT2D eigenvalue weighted by Crippen LogP contribution is -2.41. The molecule has 0 atom stereocenters. The van der Waals surface area contributed by atoms with Crippen molar-refractivity contribution in [2.45, 2.75) is 32.0 Å². The Morgan fingerprint density at radius 1 is 1.17 bits per heavy atom. The molecule has 0 unspecified atom stereocenters. The maximum Gasteiger partial charge on any atom is 0.417 e. The smallest absolute Gasteiger partial charge is 0.369 e. The lowest BCUT2D eigenvalue weighted by molar-refractivity contribution is -0.137. The number of nitrogens with zero attached hydrogens (tertiary/aromatic N) is 3. The molecule has 1 saturated heterocycles. The van der Waals surface area contributed by atoms with E-state index in [4.69, 9.17) is 23.1 Å². The monoisotopic (exact) mass is 361 g/mol. The number of benzene rings is 1. The minimum absolute atomic E-state index is 0.0194. The summed E-state index contributed by atoms with van der Waals surface area (Å²) in [6, 6.07) is 3.46. The Kier molecular flexibility index (Phi) is 5.93. The van der Waals surface area contributed by atoms with Crippen molar-refractivity contribution in [1.29, 1.82) is 0 Å². The summed E-state index contributed by atoms with van der Waals surface area (Å²) in [5.41, 5.74) is 11.2. The van der Waals surface area contributed by atoms with Crippen LogP contribution in [0.1, 0.15) is 30.4 Å². The van der Waals surface area contributed by atoms with Gasteiger partial charge in [0.2, 0.25) is 5.96 Å². The van der Waals surface area contributed by atoms with Crippen molar-refractivity contribution in [3.05, 3.63) is 34.3 Å². The molecule has 0 saturated carbocycles. The van der Waals surface area contributed by atoms with Gasteiger partial charge in [-0.05, 0) is 37.0 Å². The van der Waals surface area contributed by atoms with Crippen LogP contribution in [-0.4, -0.2) is 29.9 Å². The molecule has 1 heterocycles. The van der Waals surface area contributed by atoms with Crippen molar-refractivity contribution in [3.63, 3.8) is 0 Å². The second-order valence-corrected chi connectivity index (χ2v) is 5.91. The molecule has 0 bridgehead atoms. The van der Waals surface area contributed by atoms with Crippen LogP contribution in [0, 0.1) is 0 Å². The zero-order valence-corrected chi connectivity index (χ0v) is 13.7. The fourth-order valence-electron chi connectivity index (χ4n) is 2.41. The molecular formula is C15H19ClF3N5. The highest BCUT2D eigenvalue weighted by Gasteiger charge is 2.32. The Bertz CT molecular complexity index is 636. The lowest BCUT2D eigenvalue weighted by atomic mass is 10.1. The van der Waals surface area contributed by atoms with Gasteiger partial charge in [0.1, 0.15) is 0 Å². The molecule has 9 heteroatoms. The van der Waals surface area contributed by atoms with Crippen LogP contribution in [0.4, 0.5) is 13.2 Å². The summed E-state index contributed by atoms with van der Waals surface area (Å²) < 4.78 is 37.9. The van der Waals surface area contributed by atoms with Crippen molar-refractivity contribution in [2.24, 2.45) is 21.5 Å². The average Bonchev–Trinajstić information content (AvgIpc) is 2.52. The SMILES string of the molecule is NC(=NCc1ccc(C(F)(F)F)c(Cl)c1)/N=C(\N)N1CCCCC1. The number of piperidine rings is 1. The van der Waals surface area contributed by atoms with E-state index >= 15 is 0 Å². The number of hydrogen-bond acceptors (Lipinski definition) is 1. The molecule has 0 aliphatic carbocycles. The van der Waals surface area contributed by atoms with Gasteiger partial charge in [0.15, 0.2) is 5.96 Å². The minimum Gasteiger partial charge on any atom is -0.369 e. The molecule has 1 aromatic rings. The minimum atomic E-state index is -4.48. The van der Waals surface area contributed by atoms with E-state index in [1.807, 2.05) is 4.90 Å². The van der Waals surface area contributed by atoms with Crippen molar-refractivity contribution in [1.82, 2.24) is 4.90 Å². The van der Waals surface area contributed by atoms with E-state index in [0.717, 1.165) is 32.0 Å². The maximum atomic E-state index is 12.6. The Morgan fingerprint density at radius 3 is 2.42 bits per heavy atom. The van der Waals surface area contributed by atoms with E-state index in [2.05, 4.69) is 9.98 Å². The number of rotatable bonds is 2. The standard InChI is InChI=1S/C15H19ClF3N5/c16-12-8-10(4-5-11(12)15(17,18)19)9-22-13(20)23-14(21)24-6-2-1-3-7-24/h4-5,8H,1-3,6-7,9H2,(H4,20,21,22,23). The zero-order valence-electron chi connectivity index (χ0n) is 13.0. The molecule has 1 aromatic carbocycles. The number of hydrogen-bond donors (Lipinski definition) is 2. The predicted octanol–water partition coefficient (Wildman–Crippen LogP) is 2.97. The highest BCUT2D eigenvalue weighted by Crippen LogP contribution is 2.34. The molecule has 0 radical (unpaired) electrons. The fraction of sp³-hybridized carbons (Fsp3) is 0.467. The Hall–Kier alpha value is -1.96. The third-order valence-electron chi connectivity index (χ3n) is 3.67. The first-order chi connectivity index (χ1) is 11.3. The van der Waals surface area contributed by atoms with Crippen LogP contribution >= 0.6 is 11.6 Å². The van der Waals surface area contributed by atoms with Gasteiger partial charge in [-0.2, -0.15) is 18.2 Å². The Balaban J connectivity index is 2.03. The van der Waals surface area contributed by atoms with Crippen LogP contribution in [0.25, 0.3) is 0 Å². The average molecular weight is 362 g/mol. The predicted molar refractivity (Wildman–Crippen MR) is 88.8 cm³/mol. The molecule has 5 nitrogen and oxygen atoms in total. The van der Waals surface area contributed by atoms with Gasteiger partial charge >= 0.3 is 6.18 Å². The second kappa shape index (κ2) is 7.74. The quantitative estimate of drug-likeness (QED) is 0.627. The van der Waals surface area contributed by atoms with Crippen LogP contribution in [-0.2, 0) is 12.7 Å². The van der Waals surface area contributed by atoms with E-state index in [0.29, 0.717) is 11.5 Å². The van der Waals surface area contributed by atoms with Gasteiger partial charge in [-0.25, -0.2) is 4.99 Å². The molecule has 0 aromatic heterocycles. The fourth-order valence-corrected chi connectivity index (χ4v) is 2.72. The van der Waals surface area contributed by atoms with Gasteiger partial charge in [-0.1, -0.05) is 17.7 Å². The van der Waals surface area contributed by atoms with Crippen LogP contribution < -0.4 is 11.5 Å². The summed E-state index contributed by atoms with van der Waals surface area (Å²) in [6.45, 7) is 1.73. The van der Waals surface area contributed by atoms with E-state index in [9.17, 15) is 13.2 Å². The molecule has 0 amide bonds. The summed E-state index contributed by atoms with van der Waals surface area (Å²) in [7, 11) is 0. The largest absolute Gasteiger partial charge is 0.417 e. The number of nitrogens with two attached hydrogens (primary N) is 2. The lowest BCUT2D eigenvalue weighted by Gasteiger charge is -2.27. The highest BCUT2D eigenvalue weighted by molar-refractivity contribution is 6.31. The summed E-state index contributed by atoms with van der Waals surface area (Å²) in [5.74, 6) is 0.287. The highest BCUT2D eigenvalue weighted by atomic mass is 35.5. The summed E-state index contributed by atoms with van der Waals surface area (Å²) in [5, 5.41) is -0.370. The van der Waals surface area contributed by atoms with E-state index < -0.39 is 11.7 Å². The Labute approximate surface area is 143 Å². The number of likely N-dealkylation sites (tertiary alicyclic amines) is 1. The van der Waals surface area contributed by atoms with E-state index in [1.54, 1.807) is 0 Å². The summed E-state index contributed by atoms with van der Waals surface area (Å²) in [6.07, 6.45) is -1.21. The van der Waals surface area contributed by atoms with Crippen molar-refractivity contribution >= 4 is 23.5 Å². The van der Waals surface area contributed by atoms with Crippen molar-refractivity contribution in [2.75, 3.05) is 13.1 Å². The second-order valence-electron chi connectivity index (χ2n) is 5.50. The molecule has 2 rings (SSSR count). The van der Waals surface area contributed by atoms with Crippen LogP contribution in [0.5, 0.6) is 0 Å². The summed E-state index contributed by atoms with van der Waals surface area (Å²) >= 11 is 5.66. The number of guanidine groups is 2. The molecule has 132 valence electrons. The van der Waals surface area contributed by atoms with Crippen LogP contribution in [0.3, 0.4) is 0 Å². The van der Waals surface area contributed by atoms with Gasteiger partial charge in [0.05, 0.1) is 17.1 Å². The first kappa shape index (κ1) is 18.4. The molecule has 0 spiro atoms. The molecule has 1 fully saturated rings. The summed E-state index contributed by atoms with van der Waals surface area (Å²) in [4.78, 5) is 9.98. The Morgan fingerprint density at radius 2 is 1.83 bits per heavy atom. The third-order valence-corrected chi connectivity index (χ3v) is 3.98. The number of halogens is 4. The van der Waals surface area contributed by atoms with Crippen LogP contribution in [0.15, 0.2) is 28.2 Å². The van der Waals surface area contributed by atoms with E-state index in [-0.39, 0.29) is 17.5 Å².